The zero-order valence-corrected chi connectivity index (χ0v) is 15.2. The molecule has 0 saturated carbocycles. The van der Waals surface area contributed by atoms with Gasteiger partial charge in [0.2, 0.25) is 0 Å². The maximum absolute atomic E-state index is 11.2. The SMILES string of the molecule is O=Cc1cc(OCCN2CCOCC2)cc(OCCN2CCOCC2)c1. The van der Waals surface area contributed by atoms with Gasteiger partial charge in [-0.2, -0.15) is 0 Å². The summed E-state index contributed by atoms with van der Waals surface area (Å²) in [6.07, 6.45) is 0.823. The quantitative estimate of drug-likeness (QED) is 0.604. The van der Waals surface area contributed by atoms with E-state index in [0.29, 0.717) is 30.3 Å². The van der Waals surface area contributed by atoms with Gasteiger partial charge in [0.1, 0.15) is 31.0 Å². The summed E-state index contributed by atoms with van der Waals surface area (Å²) in [4.78, 5) is 15.8. The molecule has 144 valence electrons. The van der Waals surface area contributed by atoms with Crippen LogP contribution in [0.5, 0.6) is 11.5 Å². The molecule has 7 nitrogen and oxygen atoms in total. The third-order valence-electron chi connectivity index (χ3n) is 4.60. The van der Waals surface area contributed by atoms with Crippen LogP contribution in [0.4, 0.5) is 0 Å². The van der Waals surface area contributed by atoms with Gasteiger partial charge in [-0.05, 0) is 12.1 Å². The molecule has 0 aromatic heterocycles. The molecule has 7 heteroatoms. The predicted molar refractivity (Wildman–Crippen MR) is 97.3 cm³/mol. The van der Waals surface area contributed by atoms with Gasteiger partial charge in [0.15, 0.2) is 0 Å². The molecule has 0 spiro atoms. The van der Waals surface area contributed by atoms with E-state index in [1.165, 1.54) is 0 Å². The Morgan fingerprint density at radius 1 is 0.808 bits per heavy atom. The smallest absolute Gasteiger partial charge is 0.150 e. The molecular weight excluding hydrogens is 336 g/mol. The zero-order chi connectivity index (χ0) is 18.0. The number of nitrogens with zero attached hydrogens (tertiary/aromatic N) is 2. The third kappa shape index (κ3) is 6.25. The number of rotatable bonds is 9. The van der Waals surface area contributed by atoms with Crippen LogP contribution in [-0.2, 0) is 9.47 Å². The van der Waals surface area contributed by atoms with E-state index in [2.05, 4.69) is 9.80 Å². The minimum atomic E-state index is 0.565. The van der Waals surface area contributed by atoms with Gasteiger partial charge in [0.05, 0.1) is 26.4 Å². The monoisotopic (exact) mass is 364 g/mol. The number of morpholine rings is 2. The minimum Gasteiger partial charge on any atom is -0.492 e. The average molecular weight is 364 g/mol. The number of hydrogen-bond acceptors (Lipinski definition) is 7. The predicted octanol–water partition coefficient (Wildman–Crippen LogP) is 0.921. The molecular formula is C19H28N2O5. The van der Waals surface area contributed by atoms with Gasteiger partial charge < -0.3 is 18.9 Å². The number of ether oxygens (including phenoxy) is 4. The fourth-order valence-corrected chi connectivity index (χ4v) is 3.06. The van der Waals surface area contributed by atoms with Crippen molar-refractivity contribution in [3.63, 3.8) is 0 Å². The van der Waals surface area contributed by atoms with Gasteiger partial charge in [-0.1, -0.05) is 0 Å². The van der Waals surface area contributed by atoms with E-state index in [-0.39, 0.29) is 0 Å². The summed E-state index contributed by atoms with van der Waals surface area (Å²) in [5.74, 6) is 1.34. The molecule has 1 aromatic rings. The highest BCUT2D eigenvalue weighted by Crippen LogP contribution is 2.22. The van der Waals surface area contributed by atoms with Gasteiger partial charge in [0, 0.05) is 50.9 Å². The van der Waals surface area contributed by atoms with Crippen LogP contribution in [-0.4, -0.2) is 95.0 Å². The number of hydrogen-bond donors (Lipinski definition) is 0. The lowest BCUT2D eigenvalue weighted by molar-refractivity contribution is 0.0319. The normalized spacial score (nSPS) is 19.2. The van der Waals surface area contributed by atoms with E-state index < -0.39 is 0 Å². The Morgan fingerprint density at radius 3 is 1.69 bits per heavy atom. The lowest BCUT2D eigenvalue weighted by atomic mass is 10.2. The van der Waals surface area contributed by atoms with Crippen molar-refractivity contribution < 1.29 is 23.7 Å². The summed E-state index contributed by atoms with van der Waals surface area (Å²) in [6, 6.07) is 5.36. The minimum absolute atomic E-state index is 0.565. The fraction of sp³-hybridized carbons (Fsp3) is 0.632. The fourth-order valence-electron chi connectivity index (χ4n) is 3.06. The van der Waals surface area contributed by atoms with Crippen LogP contribution in [0.3, 0.4) is 0 Å². The molecule has 0 N–H and O–H groups in total. The lowest BCUT2D eigenvalue weighted by Crippen LogP contribution is -2.38. The first-order valence-corrected chi connectivity index (χ1v) is 9.29. The zero-order valence-electron chi connectivity index (χ0n) is 15.2. The van der Waals surface area contributed by atoms with Gasteiger partial charge in [0.25, 0.3) is 0 Å². The number of aldehydes is 1. The molecule has 0 unspecified atom stereocenters. The highest BCUT2D eigenvalue weighted by atomic mass is 16.5. The first-order chi connectivity index (χ1) is 12.8. The van der Waals surface area contributed by atoms with Crippen LogP contribution in [0, 0.1) is 0 Å². The van der Waals surface area contributed by atoms with Gasteiger partial charge in [-0.3, -0.25) is 14.6 Å². The Labute approximate surface area is 154 Å². The molecule has 3 rings (SSSR count). The van der Waals surface area contributed by atoms with Crippen molar-refractivity contribution in [1.82, 2.24) is 9.80 Å². The maximum Gasteiger partial charge on any atom is 0.150 e. The summed E-state index contributed by atoms with van der Waals surface area (Å²) >= 11 is 0. The number of carbonyl (C=O) groups is 1. The highest BCUT2D eigenvalue weighted by molar-refractivity contribution is 5.76. The molecule has 0 aliphatic carbocycles. The Bertz CT molecular complexity index is 515. The second kappa shape index (κ2) is 10.5. The molecule has 0 radical (unpaired) electrons. The number of benzene rings is 1. The molecule has 26 heavy (non-hydrogen) atoms. The van der Waals surface area contributed by atoms with Crippen molar-refractivity contribution in [3.05, 3.63) is 23.8 Å². The summed E-state index contributed by atoms with van der Waals surface area (Å²) in [6.45, 7) is 9.73. The molecule has 2 saturated heterocycles. The van der Waals surface area contributed by atoms with E-state index in [1.54, 1.807) is 12.1 Å². The second-order valence-corrected chi connectivity index (χ2v) is 6.46. The van der Waals surface area contributed by atoms with Crippen molar-refractivity contribution in [2.45, 2.75) is 0 Å². The van der Waals surface area contributed by atoms with Gasteiger partial charge in [-0.25, -0.2) is 0 Å². The Hall–Kier alpha value is -1.67. The van der Waals surface area contributed by atoms with Gasteiger partial charge >= 0.3 is 0 Å². The Kier molecular flexibility index (Phi) is 7.69. The summed E-state index contributed by atoms with van der Waals surface area (Å²) in [5.41, 5.74) is 0.565. The first kappa shape index (κ1) is 19.1. The molecule has 2 aliphatic heterocycles. The van der Waals surface area contributed by atoms with E-state index in [1.807, 2.05) is 6.07 Å². The van der Waals surface area contributed by atoms with Crippen LogP contribution in [0.25, 0.3) is 0 Å². The molecule has 2 aliphatic rings. The van der Waals surface area contributed by atoms with Crippen molar-refractivity contribution in [3.8, 4) is 11.5 Å². The molecule has 2 heterocycles. The van der Waals surface area contributed by atoms with Crippen molar-refractivity contribution >= 4 is 6.29 Å². The summed E-state index contributed by atoms with van der Waals surface area (Å²) in [5, 5.41) is 0. The Morgan fingerprint density at radius 2 is 1.27 bits per heavy atom. The molecule has 2 fully saturated rings. The first-order valence-electron chi connectivity index (χ1n) is 9.29. The second-order valence-electron chi connectivity index (χ2n) is 6.46. The van der Waals surface area contributed by atoms with Crippen molar-refractivity contribution in [2.24, 2.45) is 0 Å². The van der Waals surface area contributed by atoms with Crippen LogP contribution in [0.2, 0.25) is 0 Å². The van der Waals surface area contributed by atoms with E-state index in [0.717, 1.165) is 72.0 Å². The topological polar surface area (TPSA) is 60.5 Å². The number of carbonyl (C=O) groups excluding carboxylic acids is 1. The summed E-state index contributed by atoms with van der Waals surface area (Å²) in [7, 11) is 0. The van der Waals surface area contributed by atoms with Crippen LogP contribution in [0.1, 0.15) is 10.4 Å². The molecule has 0 amide bonds. The lowest BCUT2D eigenvalue weighted by Gasteiger charge is -2.26. The Balaban J connectivity index is 1.46. The van der Waals surface area contributed by atoms with Crippen LogP contribution >= 0.6 is 0 Å². The van der Waals surface area contributed by atoms with Crippen LogP contribution in [0.15, 0.2) is 18.2 Å². The van der Waals surface area contributed by atoms with Crippen LogP contribution < -0.4 is 9.47 Å². The standard InChI is InChI=1S/C19H28N2O5/c22-16-17-13-18(25-11-5-20-1-7-23-8-2-20)15-19(14-17)26-12-6-21-3-9-24-10-4-21/h13-16H,1-12H2. The van der Waals surface area contributed by atoms with Crippen molar-refractivity contribution in [2.75, 3.05) is 78.9 Å². The average Bonchev–Trinajstić information content (AvgIpc) is 2.69. The van der Waals surface area contributed by atoms with Gasteiger partial charge in [-0.15, -0.1) is 0 Å². The van der Waals surface area contributed by atoms with E-state index in [4.69, 9.17) is 18.9 Å². The van der Waals surface area contributed by atoms with E-state index >= 15 is 0 Å². The molecule has 0 bridgehead atoms. The molecule has 0 atom stereocenters. The largest absolute Gasteiger partial charge is 0.492 e. The third-order valence-corrected chi connectivity index (χ3v) is 4.60. The van der Waals surface area contributed by atoms with E-state index in [9.17, 15) is 4.79 Å². The molecule has 1 aromatic carbocycles. The maximum atomic E-state index is 11.2. The van der Waals surface area contributed by atoms with Crippen molar-refractivity contribution in [1.29, 1.82) is 0 Å². The highest BCUT2D eigenvalue weighted by Gasteiger charge is 2.12. The summed E-state index contributed by atoms with van der Waals surface area (Å²) < 4.78 is 22.4.